The van der Waals surface area contributed by atoms with Crippen molar-refractivity contribution < 1.29 is 18.7 Å². The first kappa shape index (κ1) is 29.0. The van der Waals surface area contributed by atoms with Crippen LogP contribution in [-0.4, -0.2) is 23.8 Å². The van der Waals surface area contributed by atoms with Gasteiger partial charge < -0.3 is 14.5 Å². The van der Waals surface area contributed by atoms with Crippen molar-refractivity contribution in [2.24, 2.45) is 0 Å². The third kappa shape index (κ3) is 7.37. The van der Waals surface area contributed by atoms with E-state index >= 15 is 0 Å². The number of methoxy groups -OCH3 is 1. The van der Waals surface area contributed by atoms with Crippen molar-refractivity contribution in [1.29, 1.82) is 0 Å². The number of ether oxygens (including phenoxy) is 1. The summed E-state index contributed by atoms with van der Waals surface area (Å²) in [6.07, 6.45) is 0.930. The summed E-state index contributed by atoms with van der Waals surface area (Å²) in [4.78, 5) is 29.0. The van der Waals surface area contributed by atoms with Gasteiger partial charge in [-0.1, -0.05) is 55.0 Å². The maximum atomic E-state index is 12.5. The maximum Gasteiger partial charge on any atom is 0.255 e. The van der Waals surface area contributed by atoms with E-state index in [-0.39, 0.29) is 17.4 Å². The van der Waals surface area contributed by atoms with E-state index in [1.165, 1.54) is 23.6 Å². The van der Waals surface area contributed by atoms with Crippen LogP contribution in [0.4, 0.5) is 5.69 Å². The topological polar surface area (TPSA) is 81.4 Å². The van der Waals surface area contributed by atoms with E-state index in [1.807, 2.05) is 73.7 Å². The van der Waals surface area contributed by atoms with Crippen LogP contribution in [-0.2, 0) is 6.42 Å². The Morgan fingerprint density at radius 2 is 1.54 bits per heavy atom. The second-order valence-corrected chi connectivity index (χ2v) is 9.67. The zero-order valence-electron chi connectivity index (χ0n) is 24.0. The van der Waals surface area contributed by atoms with Crippen LogP contribution in [0.25, 0.3) is 22.8 Å². The number of Topliss-reactive ketones (excluding diaryl/α,β-unsaturated/α-hetero) is 1. The molecule has 0 aliphatic heterocycles. The monoisotopic (exact) mass is 546 g/mol. The Kier molecular flexibility index (Phi) is 9.48. The SMILES string of the molecule is CCc1ccc(C(=O)Nc2ccc(-c3oc(-c4ccccc4)nc3C(C)=O)cc2)cc1.COc1ccc(C)cc1C. The first-order valence-electron chi connectivity index (χ1n) is 13.5. The number of hydrogen-bond donors (Lipinski definition) is 1. The molecule has 5 aromatic rings. The van der Waals surface area contributed by atoms with Crippen molar-refractivity contribution in [3.8, 4) is 28.5 Å². The molecule has 1 heterocycles. The van der Waals surface area contributed by atoms with Crippen LogP contribution in [0.1, 0.15) is 51.4 Å². The number of anilines is 1. The number of hydrogen-bond acceptors (Lipinski definition) is 5. The first-order chi connectivity index (χ1) is 19.8. The average molecular weight is 547 g/mol. The quantitative estimate of drug-likeness (QED) is 0.208. The minimum atomic E-state index is -0.175. The van der Waals surface area contributed by atoms with Crippen molar-refractivity contribution in [2.75, 3.05) is 12.4 Å². The molecule has 1 amide bonds. The van der Waals surface area contributed by atoms with Gasteiger partial charge >= 0.3 is 0 Å². The number of amides is 1. The van der Waals surface area contributed by atoms with Crippen LogP contribution in [0.3, 0.4) is 0 Å². The van der Waals surface area contributed by atoms with E-state index in [1.54, 1.807) is 31.4 Å². The first-order valence-corrected chi connectivity index (χ1v) is 13.5. The van der Waals surface area contributed by atoms with Crippen LogP contribution < -0.4 is 10.1 Å². The van der Waals surface area contributed by atoms with Gasteiger partial charge in [-0.2, -0.15) is 0 Å². The fourth-order valence-electron chi connectivity index (χ4n) is 4.29. The number of nitrogens with one attached hydrogen (secondary N) is 1. The lowest BCUT2D eigenvalue weighted by Gasteiger charge is -2.07. The Morgan fingerprint density at radius 1 is 0.854 bits per heavy atom. The number of ketones is 1. The molecule has 208 valence electrons. The molecular formula is C35H34N2O4. The summed E-state index contributed by atoms with van der Waals surface area (Å²) in [5, 5.41) is 2.89. The van der Waals surface area contributed by atoms with Crippen LogP contribution in [0.15, 0.2) is 101 Å². The number of aryl methyl sites for hydroxylation is 3. The van der Waals surface area contributed by atoms with E-state index in [4.69, 9.17) is 9.15 Å². The Morgan fingerprint density at radius 3 is 2.12 bits per heavy atom. The average Bonchev–Trinajstić information content (AvgIpc) is 3.45. The lowest BCUT2D eigenvalue weighted by atomic mass is 10.1. The van der Waals surface area contributed by atoms with Gasteiger partial charge in [-0.3, -0.25) is 9.59 Å². The third-order valence-electron chi connectivity index (χ3n) is 6.56. The predicted octanol–water partition coefficient (Wildman–Crippen LogP) is 8.34. The fourth-order valence-corrected chi connectivity index (χ4v) is 4.29. The van der Waals surface area contributed by atoms with Crippen molar-refractivity contribution in [3.63, 3.8) is 0 Å². The molecule has 0 atom stereocenters. The zero-order chi connectivity index (χ0) is 29.4. The zero-order valence-corrected chi connectivity index (χ0v) is 24.0. The molecule has 0 saturated heterocycles. The van der Waals surface area contributed by atoms with Crippen molar-refractivity contribution in [1.82, 2.24) is 4.98 Å². The molecule has 0 fully saturated rings. The van der Waals surface area contributed by atoms with E-state index in [9.17, 15) is 9.59 Å². The lowest BCUT2D eigenvalue weighted by Crippen LogP contribution is -2.11. The molecule has 0 spiro atoms. The highest BCUT2D eigenvalue weighted by Crippen LogP contribution is 2.31. The Labute approximate surface area is 241 Å². The number of oxazole rings is 1. The van der Waals surface area contributed by atoms with Gasteiger partial charge in [-0.25, -0.2) is 4.98 Å². The Bertz CT molecular complexity index is 1620. The molecule has 5 rings (SSSR count). The molecular weight excluding hydrogens is 512 g/mol. The van der Waals surface area contributed by atoms with Gasteiger partial charge in [0.15, 0.2) is 17.2 Å². The largest absolute Gasteiger partial charge is 0.496 e. The summed E-state index contributed by atoms with van der Waals surface area (Å²) < 4.78 is 11.0. The summed E-state index contributed by atoms with van der Waals surface area (Å²) in [5.41, 5.74) is 6.71. The molecule has 0 aliphatic rings. The van der Waals surface area contributed by atoms with E-state index < -0.39 is 0 Å². The molecule has 0 unspecified atom stereocenters. The number of carbonyl (C=O) groups is 2. The highest BCUT2D eigenvalue weighted by atomic mass is 16.5. The van der Waals surface area contributed by atoms with Crippen molar-refractivity contribution in [3.05, 3.63) is 125 Å². The normalized spacial score (nSPS) is 10.4. The van der Waals surface area contributed by atoms with Crippen LogP contribution >= 0.6 is 0 Å². The molecule has 0 radical (unpaired) electrons. The van der Waals surface area contributed by atoms with Crippen molar-refractivity contribution >= 4 is 17.4 Å². The summed E-state index contributed by atoms with van der Waals surface area (Å²) in [6.45, 7) is 7.66. The highest BCUT2D eigenvalue weighted by Gasteiger charge is 2.19. The van der Waals surface area contributed by atoms with Gasteiger partial charge in [-0.15, -0.1) is 0 Å². The molecule has 6 nitrogen and oxygen atoms in total. The summed E-state index contributed by atoms with van der Waals surface area (Å²) >= 11 is 0. The lowest BCUT2D eigenvalue weighted by molar-refractivity contribution is 0.101. The van der Waals surface area contributed by atoms with Gasteiger partial charge in [-0.05, 0) is 86.0 Å². The summed E-state index contributed by atoms with van der Waals surface area (Å²) in [6, 6.07) is 30.3. The molecule has 1 aromatic heterocycles. The minimum Gasteiger partial charge on any atom is -0.496 e. The van der Waals surface area contributed by atoms with E-state index in [2.05, 4.69) is 30.2 Å². The van der Waals surface area contributed by atoms with Gasteiger partial charge in [0.25, 0.3) is 5.91 Å². The standard InChI is InChI=1S/C26H22N2O3.C9H12O/c1-3-18-9-11-20(12-10-18)25(30)27-22-15-13-19(14-16-22)24-23(17(2)29)28-26(31-24)21-7-5-4-6-8-21;1-7-4-5-9(10-3)8(2)6-7/h4-16H,3H2,1-2H3,(H,27,30);4-6H,1-3H3. The summed E-state index contributed by atoms with van der Waals surface area (Å²) in [7, 11) is 1.69. The van der Waals surface area contributed by atoms with Crippen LogP contribution in [0.5, 0.6) is 5.75 Å². The van der Waals surface area contributed by atoms with E-state index in [0.717, 1.165) is 17.7 Å². The molecule has 0 aliphatic carbocycles. The number of rotatable bonds is 7. The Hall–Kier alpha value is -4.97. The van der Waals surface area contributed by atoms with Gasteiger partial charge in [0.2, 0.25) is 5.89 Å². The highest BCUT2D eigenvalue weighted by molar-refractivity contribution is 6.04. The maximum absolute atomic E-state index is 12.5. The number of benzene rings is 4. The minimum absolute atomic E-state index is 0.172. The van der Waals surface area contributed by atoms with Crippen LogP contribution in [0, 0.1) is 13.8 Å². The molecule has 41 heavy (non-hydrogen) atoms. The van der Waals surface area contributed by atoms with Crippen LogP contribution in [0.2, 0.25) is 0 Å². The fraction of sp³-hybridized carbons (Fsp3) is 0.171. The second kappa shape index (κ2) is 13.4. The van der Waals surface area contributed by atoms with Gasteiger partial charge in [0.1, 0.15) is 5.75 Å². The number of aromatic nitrogens is 1. The number of nitrogens with zero attached hydrogens (tertiary/aromatic N) is 1. The molecule has 6 heteroatoms. The molecule has 0 saturated carbocycles. The molecule has 4 aromatic carbocycles. The molecule has 1 N–H and O–H groups in total. The smallest absolute Gasteiger partial charge is 0.255 e. The third-order valence-corrected chi connectivity index (χ3v) is 6.56. The molecule has 0 bridgehead atoms. The predicted molar refractivity (Wildman–Crippen MR) is 164 cm³/mol. The summed E-state index contributed by atoms with van der Waals surface area (Å²) in [5.74, 6) is 1.43. The van der Waals surface area contributed by atoms with Gasteiger partial charge in [0.05, 0.1) is 7.11 Å². The van der Waals surface area contributed by atoms with E-state index in [0.29, 0.717) is 28.5 Å². The second-order valence-electron chi connectivity index (χ2n) is 9.67. The van der Waals surface area contributed by atoms with Crippen molar-refractivity contribution in [2.45, 2.75) is 34.1 Å². The Balaban J connectivity index is 0.000000328. The number of carbonyl (C=O) groups excluding carboxylic acids is 2. The van der Waals surface area contributed by atoms with Gasteiger partial charge in [0, 0.05) is 29.3 Å².